The summed E-state index contributed by atoms with van der Waals surface area (Å²) in [7, 11) is -3.45. The van der Waals surface area contributed by atoms with Gasteiger partial charge in [-0.1, -0.05) is 20.0 Å². The second-order valence-corrected chi connectivity index (χ2v) is 13.2. The topological polar surface area (TPSA) is 30.9 Å². The van der Waals surface area contributed by atoms with Crippen LogP contribution < -0.4 is 0 Å². The van der Waals surface area contributed by atoms with Gasteiger partial charge in [-0.15, -0.1) is 0 Å². The standard InChI is InChI=1S/C16H39NO3Si2/c1-10-17(16(5,6)7)13-14-22(18-11-2,19-12-3)20-15(4)21(8)9/h15,21H,10-14H2,1-9H3. The van der Waals surface area contributed by atoms with Gasteiger partial charge in [0.2, 0.25) is 0 Å². The second-order valence-electron chi connectivity index (χ2n) is 7.12. The fourth-order valence-electron chi connectivity index (χ4n) is 2.41. The van der Waals surface area contributed by atoms with Gasteiger partial charge in [-0.25, -0.2) is 0 Å². The Morgan fingerprint density at radius 2 is 1.55 bits per heavy atom. The van der Waals surface area contributed by atoms with Crippen LogP contribution in [0.1, 0.15) is 48.5 Å². The zero-order valence-electron chi connectivity index (χ0n) is 16.4. The van der Waals surface area contributed by atoms with Gasteiger partial charge in [0, 0.05) is 37.1 Å². The first kappa shape index (κ1) is 22.3. The summed E-state index contributed by atoms with van der Waals surface area (Å²) < 4.78 is 18.6. The molecule has 0 spiro atoms. The third-order valence-corrected chi connectivity index (χ3v) is 9.36. The zero-order valence-corrected chi connectivity index (χ0v) is 18.5. The molecule has 6 heteroatoms. The Balaban J connectivity index is 5.04. The van der Waals surface area contributed by atoms with E-state index in [1.807, 2.05) is 13.8 Å². The minimum absolute atomic E-state index is 0.158. The predicted octanol–water partition coefficient (Wildman–Crippen LogP) is 3.55. The van der Waals surface area contributed by atoms with Gasteiger partial charge in [0.05, 0.1) is 8.80 Å². The molecule has 22 heavy (non-hydrogen) atoms. The molecule has 0 saturated heterocycles. The largest absolute Gasteiger partial charge is 0.502 e. The van der Waals surface area contributed by atoms with E-state index >= 15 is 0 Å². The van der Waals surface area contributed by atoms with Gasteiger partial charge >= 0.3 is 8.80 Å². The lowest BCUT2D eigenvalue weighted by atomic mass is 10.1. The molecule has 134 valence electrons. The summed E-state index contributed by atoms with van der Waals surface area (Å²) in [5.74, 6) is 0. The normalized spacial score (nSPS) is 14.9. The van der Waals surface area contributed by atoms with E-state index in [2.05, 4.69) is 52.6 Å². The molecule has 0 saturated carbocycles. The minimum atomic E-state index is -2.59. The molecule has 4 nitrogen and oxygen atoms in total. The van der Waals surface area contributed by atoms with Crippen LogP contribution in [0.25, 0.3) is 0 Å². The third-order valence-electron chi connectivity index (χ3n) is 4.05. The predicted molar refractivity (Wildman–Crippen MR) is 100 cm³/mol. The van der Waals surface area contributed by atoms with E-state index < -0.39 is 17.6 Å². The number of hydrogen-bond acceptors (Lipinski definition) is 4. The molecule has 0 aliphatic heterocycles. The maximum atomic E-state index is 6.42. The number of rotatable bonds is 11. The average molecular weight is 350 g/mol. The summed E-state index contributed by atoms with van der Waals surface area (Å²) in [6, 6.07) is 0.866. The highest BCUT2D eigenvalue weighted by molar-refractivity contribution is 6.63. The zero-order chi connectivity index (χ0) is 17.4. The first-order valence-corrected chi connectivity index (χ1v) is 13.7. The molecular weight excluding hydrogens is 310 g/mol. The molecule has 0 fully saturated rings. The Morgan fingerprint density at radius 3 is 1.86 bits per heavy atom. The fourth-order valence-corrected chi connectivity index (χ4v) is 6.74. The minimum Gasteiger partial charge on any atom is -0.374 e. The monoisotopic (exact) mass is 349 g/mol. The van der Waals surface area contributed by atoms with E-state index in [-0.39, 0.29) is 11.3 Å². The van der Waals surface area contributed by atoms with E-state index in [0.717, 1.165) is 19.1 Å². The summed E-state index contributed by atoms with van der Waals surface area (Å²) in [4.78, 5) is 2.47. The van der Waals surface area contributed by atoms with Gasteiger partial charge in [0.25, 0.3) is 0 Å². The molecule has 0 aliphatic rings. The summed E-state index contributed by atoms with van der Waals surface area (Å²) in [5, 5.41) is 0. The first-order chi connectivity index (χ1) is 10.1. The van der Waals surface area contributed by atoms with Crippen molar-refractivity contribution >= 4 is 17.6 Å². The molecule has 0 aromatic rings. The van der Waals surface area contributed by atoms with Gasteiger partial charge in [-0.05, 0) is 48.1 Å². The summed E-state index contributed by atoms with van der Waals surface area (Å²) in [6.45, 7) is 23.1. The Morgan fingerprint density at radius 1 is 1.05 bits per heavy atom. The van der Waals surface area contributed by atoms with Crippen LogP contribution in [0.3, 0.4) is 0 Å². The molecule has 0 aromatic heterocycles. The van der Waals surface area contributed by atoms with Gasteiger partial charge in [-0.2, -0.15) is 0 Å². The maximum absolute atomic E-state index is 6.42. The Kier molecular flexibility index (Phi) is 10.3. The first-order valence-electron chi connectivity index (χ1n) is 8.82. The fraction of sp³-hybridized carbons (Fsp3) is 1.00. The quantitative estimate of drug-likeness (QED) is 0.534. The summed E-state index contributed by atoms with van der Waals surface area (Å²) in [5.41, 5.74) is 0.445. The van der Waals surface area contributed by atoms with Crippen molar-refractivity contribution < 1.29 is 13.3 Å². The van der Waals surface area contributed by atoms with E-state index in [4.69, 9.17) is 13.3 Å². The Hall–Kier alpha value is 0.274. The number of nitrogens with zero attached hydrogens (tertiary/aromatic N) is 1. The highest BCUT2D eigenvalue weighted by Gasteiger charge is 2.43. The van der Waals surface area contributed by atoms with Crippen molar-refractivity contribution in [2.45, 2.75) is 78.9 Å². The van der Waals surface area contributed by atoms with Crippen molar-refractivity contribution in [3.63, 3.8) is 0 Å². The molecule has 0 N–H and O–H groups in total. The lowest BCUT2D eigenvalue weighted by Gasteiger charge is -2.38. The second kappa shape index (κ2) is 10.2. The van der Waals surface area contributed by atoms with Crippen LogP contribution >= 0.6 is 0 Å². The van der Waals surface area contributed by atoms with Crippen LogP contribution in [-0.4, -0.2) is 60.1 Å². The lowest BCUT2D eigenvalue weighted by molar-refractivity contribution is 0.0520. The Bertz CT molecular complexity index is 290. The van der Waals surface area contributed by atoms with Crippen LogP contribution in [0, 0.1) is 0 Å². The van der Waals surface area contributed by atoms with Crippen LogP contribution in [0.5, 0.6) is 0 Å². The maximum Gasteiger partial charge on any atom is 0.502 e. The highest BCUT2D eigenvalue weighted by atomic mass is 28.4. The molecule has 0 amide bonds. The highest BCUT2D eigenvalue weighted by Crippen LogP contribution is 2.22. The lowest BCUT2D eigenvalue weighted by Crippen LogP contribution is -2.53. The van der Waals surface area contributed by atoms with Crippen LogP contribution in [0.2, 0.25) is 19.1 Å². The number of hydrogen-bond donors (Lipinski definition) is 0. The van der Waals surface area contributed by atoms with Crippen molar-refractivity contribution in [3.05, 3.63) is 0 Å². The molecule has 0 rings (SSSR count). The van der Waals surface area contributed by atoms with Gasteiger partial charge in [0.1, 0.15) is 0 Å². The van der Waals surface area contributed by atoms with E-state index in [9.17, 15) is 0 Å². The molecule has 1 unspecified atom stereocenters. The van der Waals surface area contributed by atoms with Crippen LogP contribution in [0.4, 0.5) is 0 Å². The SMILES string of the molecule is CCO[Si](CCN(CC)C(C)(C)C)(OCC)OC(C)[SiH](C)C. The van der Waals surface area contributed by atoms with E-state index in [0.29, 0.717) is 13.2 Å². The summed E-state index contributed by atoms with van der Waals surface area (Å²) >= 11 is 0. The molecule has 0 bridgehead atoms. The van der Waals surface area contributed by atoms with Gasteiger partial charge in [-0.3, -0.25) is 4.90 Å². The molecule has 0 radical (unpaired) electrons. The molecule has 1 atom stereocenters. The van der Waals surface area contributed by atoms with Gasteiger partial charge in [0.15, 0.2) is 0 Å². The smallest absolute Gasteiger partial charge is 0.374 e. The molecule has 0 heterocycles. The third kappa shape index (κ3) is 7.70. The van der Waals surface area contributed by atoms with E-state index in [1.54, 1.807) is 0 Å². The average Bonchev–Trinajstić information content (AvgIpc) is 2.38. The van der Waals surface area contributed by atoms with Gasteiger partial charge < -0.3 is 13.3 Å². The van der Waals surface area contributed by atoms with Crippen molar-refractivity contribution in [2.75, 3.05) is 26.3 Å². The molecular formula is C16H39NO3Si2. The van der Waals surface area contributed by atoms with Crippen LogP contribution in [-0.2, 0) is 13.3 Å². The van der Waals surface area contributed by atoms with Crippen molar-refractivity contribution in [1.29, 1.82) is 0 Å². The molecule has 0 aromatic carbocycles. The van der Waals surface area contributed by atoms with Crippen LogP contribution in [0.15, 0.2) is 0 Å². The van der Waals surface area contributed by atoms with Crippen molar-refractivity contribution in [2.24, 2.45) is 0 Å². The summed E-state index contributed by atoms with van der Waals surface area (Å²) in [6.07, 6.45) is 0. The van der Waals surface area contributed by atoms with E-state index in [1.165, 1.54) is 0 Å². The Labute approximate surface area is 141 Å². The van der Waals surface area contributed by atoms with Crippen molar-refractivity contribution in [3.8, 4) is 0 Å². The van der Waals surface area contributed by atoms with Crippen molar-refractivity contribution in [1.82, 2.24) is 4.90 Å². The molecule has 0 aliphatic carbocycles.